The van der Waals surface area contributed by atoms with E-state index in [1.807, 2.05) is 30.3 Å². The minimum atomic E-state index is 0.780. The standard InChI is InChI=1S/C15H18N2O/c16-13-5-3-12(4-6-13)15-8-7-14(18-15)11-17-9-1-2-10-17/h3-8H,1-2,9-11,16H2. The van der Waals surface area contributed by atoms with E-state index >= 15 is 0 Å². The predicted molar refractivity (Wildman–Crippen MR) is 73.1 cm³/mol. The molecule has 94 valence electrons. The van der Waals surface area contributed by atoms with Gasteiger partial charge >= 0.3 is 0 Å². The van der Waals surface area contributed by atoms with E-state index in [0.717, 1.165) is 29.3 Å². The highest BCUT2D eigenvalue weighted by atomic mass is 16.3. The molecule has 2 N–H and O–H groups in total. The van der Waals surface area contributed by atoms with Crippen LogP contribution in [-0.2, 0) is 6.54 Å². The summed E-state index contributed by atoms with van der Waals surface area (Å²) in [5.74, 6) is 1.97. The molecule has 2 aromatic rings. The maximum Gasteiger partial charge on any atom is 0.134 e. The third kappa shape index (κ3) is 2.41. The molecule has 1 aliphatic rings. The Hall–Kier alpha value is -1.74. The maximum absolute atomic E-state index is 5.89. The first-order chi connectivity index (χ1) is 8.81. The zero-order chi connectivity index (χ0) is 12.4. The van der Waals surface area contributed by atoms with Crippen LogP contribution < -0.4 is 5.73 Å². The van der Waals surface area contributed by atoms with Gasteiger partial charge < -0.3 is 10.2 Å². The molecule has 1 aliphatic heterocycles. The topological polar surface area (TPSA) is 42.4 Å². The second-order valence-corrected chi connectivity index (χ2v) is 4.87. The molecule has 2 heterocycles. The number of furan rings is 1. The number of benzene rings is 1. The lowest BCUT2D eigenvalue weighted by atomic mass is 10.1. The van der Waals surface area contributed by atoms with E-state index < -0.39 is 0 Å². The highest BCUT2D eigenvalue weighted by Gasteiger charge is 2.14. The summed E-state index contributed by atoms with van der Waals surface area (Å²) in [5.41, 5.74) is 7.54. The second kappa shape index (κ2) is 4.86. The molecule has 1 aromatic carbocycles. The van der Waals surface area contributed by atoms with E-state index in [4.69, 9.17) is 10.2 Å². The lowest BCUT2D eigenvalue weighted by Crippen LogP contribution is -2.17. The number of nitrogens with zero attached hydrogens (tertiary/aromatic N) is 1. The van der Waals surface area contributed by atoms with Crippen LogP contribution in [0.5, 0.6) is 0 Å². The van der Waals surface area contributed by atoms with E-state index in [2.05, 4.69) is 11.0 Å². The van der Waals surface area contributed by atoms with Gasteiger partial charge in [-0.1, -0.05) is 0 Å². The van der Waals surface area contributed by atoms with Crippen LogP contribution >= 0.6 is 0 Å². The first kappa shape index (κ1) is 11.4. The van der Waals surface area contributed by atoms with Crippen molar-refractivity contribution in [2.45, 2.75) is 19.4 Å². The number of rotatable bonds is 3. The van der Waals surface area contributed by atoms with E-state index in [-0.39, 0.29) is 0 Å². The Morgan fingerprint density at radius 1 is 1.00 bits per heavy atom. The number of hydrogen-bond acceptors (Lipinski definition) is 3. The fraction of sp³-hybridized carbons (Fsp3) is 0.333. The van der Waals surface area contributed by atoms with Crippen LogP contribution in [-0.4, -0.2) is 18.0 Å². The molecule has 0 unspecified atom stereocenters. The molecule has 0 bridgehead atoms. The van der Waals surface area contributed by atoms with E-state index in [0.29, 0.717) is 0 Å². The molecule has 0 aliphatic carbocycles. The van der Waals surface area contributed by atoms with Crippen LogP contribution in [0.2, 0.25) is 0 Å². The first-order valence-electron chi connectivity index (χ1n) is 6.48. The summed E-state index contributed by atoms with van der Waals surface area (Å²) in [5, 5.41) is 0. The summed E-state index contributed by atoms with van der Waals surface area (Å²) >= 11 is 0. The molecule has 3 rings (SSSR count). The molecule has 0 spiro atoms. The molecule has 0 saturated carbocycles. The van der Waals surface area contributed by atoms with E-state index in [1.165, 1.54) is 25.9 Å². The van der Waals surface area contributed by atoms with Gasteiger partial charge in [0.25, 0.3) is 0 Å². The Bertz CT molecular complexity index is 510. The third-order valence-electron chi connectivity index (χ3n) is 3.43. The Labute approximate surface area is 107 Å². The molecule has 18 heavy (non-hydrogen) atoms. The maximum atomic E-state index is 5.89. The predicted octanol–water partition coefficient (Wildman–Crippen LogP) is 3.12. The molecule has 3 nitrogen and oxygen atoms in total. The van der Waals surface area contributed by atoms with Crippen molar-refractivity contribution in [2.24, 2.45) is 0 Å². The SMILES string of the molecule is Nc1ccc(-c2ccc(CN3CCCC3)o2)cc1. The monoisotopic (exact) mass is 242 g/mol. The normalized spacial score (nSPS) is 16.2. The van der Waals surface area contributed by atoms with Crippen molar-refractivity contribution in [3.8, 4) is 11.3 Å². The molecule has 1 fully saturated rings. The quantitative estimate of drug-likeness (QED) is 0.841. The molecule has 3 heteroatoms. The molecular formula is C15H18N2O. The number of nitrogen functional groups attached to an aromatic ring is 1. The van der Waals surface area contributed by atoms with Crippen LogP contribution in [0.25, 0.3) is 11.3 Å². The van der Waals surface area contributed by atoms with Crippen molar-refractivity contribution in [1.29, 1.82) is 0 Å². The summed E-state index contributed by atoms with van der Waals surface area (Å²) in [7, 11) is 0. The van der Waals surface area contributed by atoms with Gasteiger partial charge in [0.2, 0.25) is 0 Å². The Kier molecular flexibility index (Phi) is 3.07. The van der Waals surface area contributed by atoms with Crippen LogP contribution in [0.4, 0.5) is 5.69 Å². The lowest BCUT2D eigenvalue weighted by molar-refractivity contribution is 0.299. The minimum absolute atomic E-state index is 0.780. The van der Waals surface area contributed by atoms with Gasteiger partial charge in [-0.15, -0.1) is 0 Å². The molecule has 1 aromatic heterocycles. The average Bonchev–Trinajstić information content (AvgIpc) is 3.02. The molecule has 0 amide bonds. The van der Waals surface area contributed by atoms with Gasteiger partial charge in [-0.2, -0.15) is 0 Å². The van der Waals surface area contributed by atoms with Gasteiger partial charge in [0.05, 0.1) is 6.54 Å². The van der Waals surface area contributed by atoms with Gasteiger partial charge in [-0.25, -0.2) is 0 Å². The molecule has 0 atom stereocenters. The fourth-order valence-electron chi connectivity index (χ4n) is 2.43. The summed E-state index contributed by atoms with van der Waals surface area (Å²) in [6.07, 6.45) is 2.62. The highest BCUT2D eigenvalue weighted by Crippen LogP contribution is 2.24. The fourth-order valence-corrected chi connectivity index (χ4v) is 2.43. The first-order valence-corrected chi connectivity index (χ1v) is 6.48. The summed E-state index contributed by atoms with van der Waals surface area (Å²) < 4.78 is 5.89. The molecule has 0 radical (unpaired) electrons. The van der Waals surface area contributed by atoms with Crippen LogP contribution in [0.1, 0.15) is 18.6 Å². The Morgan fingerprint density at radius 2 is 1.72 bits per heavy atom. The summed E-state index contributed by atoms with van der Waals surface area (Å²) in [4.78, 5) is 2.44. The zero-order valence-electron chi connectivity index (χ0n) is 10.4. The van der Waals surface area contributed by atoms with Gasteiger partial charge in [0, 0.05) is 11.3 Å². The number of likely N-dealkylation sites (tertiary alicyclic amines) is 1. The van der Waals surface area contributed by atoms with Gasteiger partial charge in [-0.05, 0) is 62.3 Å². The van der Waals surface area contributed by atoms with Crippen molar-refractivity contribution in [3.63, 3.8) is 0 Å². The minimum Gasteiger partial charge on any atom is -0.460 e. The van der Waals surface area contributed by atoms with Crippen LogP contribution in [0, 0.1) is 0 Å². The second-order valence-electron chi connectivity index (χ2n) is 4.87. The highest BCUT2D eigenvalue weighted by molar-refractivity contribution is 5.60. The largest absolute Gasteiger partial charge is 0.460 e. The number of nitrogens with two attached hydrogens (primary N) is 1. The summed E-state index contributed by atoms with van der Waals surface area (Å²) in [6.45, 7) is 3.31. The third-order valence-corrected chi connectivity index (χ3v) is 3.43. The van der Waals surface area contributed by atoms with Crippen molar-refractivity contribution < 1.29 is 4.42 Å². The molecular weight excluding hydrogens is 224 g/mol. The smallest absolute Gasteiger partial charge is 0.134 e. The Balaban J connectivity index is 1.74. The summed E-state index contributed by atoms with van der Waals surface area (Å²) in [6, 6.07) is 11.9. The Morgan fingerprint density at radius 3 is 2.44 bits per heavy atom. The van der Waals surface area contributed by atoms with E-state index in [9.17, 15) is 0 Å². The number of anilines is 1. The van der Waals surface area contributed by atoms with Crippen molar-refractivity contribution >= 4 is 5.69 Å². The van der Waals surface area contributed by atoms with Gasteiger partial charge in [-0.3, -0.25) is 4.90 Å². The molecule has 1 saturated heterocycles. The van der Waals surface area contributed by atoms with Crippen LogP contribution in [0.3, 0.4) is 0 Å². The van der Waals surface area contributed by atoms with Crippen LogP contribution in [0.15, 0.2) is 40.8 Å². The van der Waals surface area contributed by atoms with Gasteiger partial charge in [0.1, 0.15) is 11.5 Å². The lowest BCUT2D eigenvalue weighted by Gasteiger charge is -2.11. The average molecular weight is 242 g/mol. The van der Waals surface area contributed by atoms with E-state index in [1.54, 1.807) is 0 Å². The van der Waals surface area contributed by atoms with Crippen molar-refractivity contribution in [1.82, 2.24) is 4.90 Å². The van der Waals surface area contributed by atoms with Crippen molar-refractivity contribution in [3.05, 3.63) is 42.2 Å². The number of hydrogen-bond donors (Lipinski definition) is 1. The zero-order valence-corrected chi connectivity index (χ0v) is 10.4. The van der Waals surface area contributed by atoms with Gasteiger partial charge in [0.15, 0.2) is 0 Å². The van der Waals surface area contributed by atoms with Crippen molar-refractivity contribution in [2.75, 3.05) is 18.8 Å².